The SMILES string of the molecule is CC(C)(C)OC(=O)CCC(CO)NC(=O)C12CC3OC(=O)C1N(Cc1cccc(I)c1)OC2C1OC(c2ccccc2)(c2ccccc2)OC31. The predicted octanol–water partition coefficient (Wildman–Crippen LogP) is 4.38. The van der Waals surface area contributed by atoms with Crippen molar-refractivity contribution in [3.05, 3.63) is 105 Å². The Morgan fingerprint density at radius 3 is 2.28 bits per heavy atom. The number of carbonyl (C=O) groups excluding carboxylic acids is 3. The highest BCUT2D eigenvalue weighted by molar-refractivity contribution is 14.1. The van der Waals surface area contributed by atoms with Gasteiger partial charge < -0.3 is 29.4 Å². The molecule has 264 valence electrons. The van der Waals surface area contributed by atoms with Crippen LogP contribution in [0.25, 0.3) is 0 Å². The maximum atomic E-state index is 14.8. The molecule has 0 spiro atoms. The van der Waals surface area contributed by atoms with Crippen LogP contribution in [0.5, 0.6) is 0 Å². The monoisotopic (exact) mass is 796 g/mol. The van der Waals surface area contributed by atoms with E-state index in [2.05, 4.69) is 27.9 Å². The Morgan fingerprint density at radius 1 is 1.00 bits per heavy atom. The van der Waals surface area contributed by atoms with E-state index in [0.717, 1.165) is 20.3 Å². The van der Waals surface area contributed by atoms with Gasteiger partial charge in [-0.05, 0) is 67.5 Å². The molecule has 7 rings (SSSR count). The molecule has 50 heavy (non-hydrogen) atoms. The molecule has 4 fully saturated rings. The molecule has 4 aliphatic rings. The quantitative estimate of drug-likeness (QED) is 0.225. The number of hydrogen-bond acceptors (Lipinski definition) is 10. The molecule has 3 aliphatic heterocycles. The van der Waals surface area contributed by atoms with E-state index in [1.54, 1.807) is 25.8 Å². The van der Waals surface area contributed by atoms with Crippen molar-refractivity contribution in [2.45, 2.75) is 94.5 Å². The van der Waals surface area contributed by atoms with Gasteiger partial charge in [0.15, 0.2) is 6.04 Å². The summed E-state index contributed by atoms with van der Waals surface area (Å²) in [5, 5.41) is 14.9. The predicted molar refractivity (Wildman–Crippen MR) is 188 cm³/mol. The number of rotatable bonds is 10. The van der Waals surface area contributed by atoms with Crippen molar-refractivity contribution in [1.29, 1.82) is 0 Å². The molecule has 12 heteroatoms. The number of fused-ring (bicyclic) bond motifs is 4. The van der Waals surface area contributed by atoms with E-state index >= 15 is 0 Å². The lowest BCUT2D eigenvalue weighted by Gasteiger charge is -2.49. The molecule has 7 atom stereocenters. The van der Waals surface area contributed by atoms with Crippen LogP contribution >= 0.6 is 22.6 Å². The largest absolute Gasteiger partial charge is 0.460 e. The Morgan fingerprint density at radius 2 is 1.66 bits per heavy atom. The maximum absolute atomic E-state index is 14.8. The van der Waals surface area contributed by atoms with Crippen molar-refractivity contribution < 1.29 is 43.3 Å². The van der Waals surface area contributed by atoms with Crippen LogP contribution in [0.15, 0.2) is 84.9 Å². The molecule has 7 unspecified atom stereocenters. The van der Waals surface area contributed by atoms with Crippen LogP contribution in [0.4, 0.5) is 0 Å². The number of ether oxygens (including phenoxy) is 4. The molecule has 3 aromatic rings. The average molecular weight is 797 g/mol. The molecule has 0 aromatic heterocycles. The second-order valence-electron chi connectivity index (χ2n) is 14.3. The third-order valence-electron chi connectivity index (χ3n) is 9.79. The van der Waals surface area contributed by atoms with Gasteiger partial charge in [0.2, 0.25) is 11.7 Å². The Hall–Kier alpha value is -3.40. The summed E-state index contributed by atoms with van der Waals surface area (Å²) < 4.78 is 26.5. The third kappa shape index (κ3) is 6.34. The second-order valence-corrected chi connectivity index (χ2v) is 15.6. The number of hydrogen-bond donors (Lipinski definition) is 2. The maximum Gasteiger partial charge on any atom is 0.327 e. The van der Waals surface area contributed by atoms with Gasteiger partial charge in [-0.1, -0.05) is 72.8 Å². The molecule has 1 aliphatic carbocycles. The summed E-state index contributed by atoms with van der Waals surface area (Å²) in [6.07, 6.45) is -3.13. The molecule has 1 saturated carbocycles. The first-order valence-corrected chi connectivity index (χ1v) is 18.0. The molecule has 2 N–H and O–H groups in total. The summed E-state index contributed by atoms with van der Waals surface area (Å²) in [7, 11) is 0. The fourth-order valence-electron chi connectivity index (χ4n) is 7.72. The molecule has 0 radical (unpaired) electrons. The Balaban J connectivity index is 1.26. The van der Waals surface area contributed by atoms with E-state index in [-0.39, 0.29) is 25.8 Å². The number of benzene rings is 3. The minimum atomic E-state index is -1.46. The van der Waals surface area contributed by atoms with Crippen LogP contribution in [0, 0.1) is 8.99 Å². The van der Waals surface area contributed by atoms with Gasteiger partial charge in [-0.15, -0.1) is 0 Å². The molecular formula is C38H41IN2O9. The van der Waals surface area contributed by atoms with E-state index in [1.165, 1.54) is 0 Å². The van der Waals surface area contributed by atoms with E-state index in [9.17, 15) is 19.5 Å². The zero-order valence-electron chi connectivity index (χ0n) is 28.1. The molecule has 11 nitrogen and oxygen atoms in total. The van der Waals surface area contributed by atoms with Crippen LogP contribution in [-0.2, 0) is 50.5 Å². The van der Waals surface area contributed by atoms with Crippen molar-refractivity contribution >= 4 is 40.4 Å². The van der Waals surface area contributed by atoms with E-state index < -0.39 is 77.8 Å². The molecule has 3 saturated heterocycles. The average Bonchev–Trinajstić information content (AvgIpc) is 3.66. The van der Waals surface area contributed by atoms with Gasteiger partial charge in [0.1, 0.15) is 35.4 Å². The first-order valence-electron chi connectivity index (χ1n) is 16.9. The van der Waals surface area contributed by atoms with Gasteiger partial charge >= 0.3 is 11.9 Å². The van der Waals surface area contributed by atoms with E-state index in [0.29, 0.717) is 0 Å². The fourth-order valence-corrected chi connectivity index (χ4v) is 8.33. The second kappa shape index (κ2) is 13.6. The van der Waals surface area contributed by atoms with Crippen molar-refractivity contribution in [1.82, 2.24) is 10.4 Å². The van der Waals surface area contributed by atoms with Gasteiger partial charge in [0.25, 0.3) is 0 Å². The van der Waals surface area contributed by atoms with Crippen LogP contribution in [0.2, 0.25) is 0 Å². The number of halogens is 1. The minimum Gasteiger partial charge on any atom is -0.460 e. The number of hydroxylamine groups is 2. The topological polar surface area (TPSA) is 133 Å². The van der Waals surface area contributed by atoms with Crippen molar-refractivity contribution in [2.75, 3.05) is 6.61 Å². The van der Waals surface area contributed by atoms with Gasteiger partial charge in [-0.2, -0.15) is 5.06 Å². The highest BCUT2D eigenvalue weighted by Gasteiger charge is 2.76. The molecule has 1 amide bonds. The van der Waals surface area contributed by atoms with Crippen molar-refractivity contribution in [3.8, 4) is 0 Å². The van der Waals surface area contributed by atoms with Crippen molar-refractivity contribution in [2.24, 2.45) is 5.41 Å². The summed E-state index contributed by atoms with van der Waals surface area (Å²) in [6.45, 7) is 5.12. The molecular weight excluding hydrogens is 755 g/mol. The standard InChI is InChI=1S/C38H41IN2O9/c1-36(2,3)47-29(43)18-17-27(22-42)40-35(45)37-20-28-30-31(49-38(48-30,24-12-6-4-7-13-24)25-14-8-5-9-15-25)33(37)50-41(32(37)34(44)46-28)21-23-11-10-16-26(39)19-23/h4-16,19,27-28,30-33,42H,17-18,20-22H2,1-3H3,(H,40,45). The van der Waals surface area contributed by atoms with Crippen LogP contribution in [0.1, 0.15) is 56.7 Å². The number of carbonyl (C=O) groups is 3. The van der Waals surface area contributed by atoms with Gasteiger partial charge in [0.05, 0.1) is 19.2 Å². The first kappa shape index (κ1) is 35.0. The molecule has 2 bridgehead atoms. The highest BCUT2D eigenvalue weighted by atomic mass is 127. The summed E-state index contributed by atoms with van der Waals surface area (Å²) in [5.41, 5.74) is 0.240. The summed E-state index contributed by atoms with van der Waals surface area (Å²) in [5.74, 6) is -2.89. The number of aliphatic hydroxyl groups excluding tert-OH is 1. The summed E-state index contributed by atoms with van der Waals surface area (Å²) in [6, 6.07) is 25.0. The third-order valence-corrected chi connectivity index (χ3v) is 10.5. The lowest BCUT2D eigenvalue weighted by atomic mass is 9.62. The number of nitrogens with zero attached hydrogens (tertiary/aromatic N) is 1. The molecule has 3 heterocycles. The van der Waals surface area contributed by atoms with Crippen LogP contribution in [0.3, 0.4) is 0 Å². The summed E-state index contributed by atoms with van der Waals surface area (Å²) in [4.78, 5) is 48.1. The first-order chi connectivity index (χ1) is 23.9. The Labute approximate surface area is 304 Å². The Kier molecular flexibility index (Phi) is 9.54. The lowest BCUT2D eigenvalue weighted by molar-refractivity contribution is -0.213. The van der Waals surface area contributed by atoms with Gasteiger partial charge in [-0.3, -0.25) is 19.2 Å². The Bertz CT molecular complexity index is 1700. The molecule has 3 aromatic carbocycles. The zero-order chi connectivity index (χ0) is 35.3. The minimum absolute atomic E-state index is 0.0130. The zero-order valence-corrected chi connectivity index (χ0v) is 30.3. The number of aliphatic hydroxyl groups is 1. The van der Waals surface area contributed by atoms with Crippen molar-refractivity contribution in [3.63, 3.8) is 0 Å². The summed E-state index contributed by atoms with van der Waals surface area (Å²) >= 11 is 2.23. The highest BCUT2D eigenvalue weighted by Crippen LogP contribution is 2.59. The van der Waals surface area contributed by atoms with Gasteiger partial charge in [-0.25, -0.2) is 0 Å². The van der Waals surface area contributed by atoms with E-state index in [1.807, 2.05) is 84.9 Å². The number of amides is 1. The van der Waals surface area contributed by atoms with Crippen LogP contribution in [-0.4, -0.2) is 76.7 Å². The lowest BCUT2D eigenvalue weighted by Crippen LogP contribution is -2.70. The van der Waals surface area contributed by atoms with Crippen LogP contribution < -0.4 is 5.32 Å². The normalized spacial score (nSPS) is 28.7. The number of nitrogens with one attached hydrogen (secondary N) is 1. The van der Waals surface area contributed by atoms with E-state index in [4.69, 9.17) is 23.8 Å². The number of esters is 2. The fraction of sp³-hybridized carbons (Fsp3) is 0.447. The van der Waals surface area contributed by atoms with Gasteiger partial charge in [0, 0.05) is 27.5 Å². The smallest absolute Gasteiger partial charge is 0.327 e.